The average molecular weight is 408 g/mol. The zero-order valence-electron chi connectivity index (χ0n) is 17.0. The minimum Gasteiger partial charge on any atom is -0.453 e. The fraction of sp³-hybridized carbons (Fsp3) is 0.304. The van der Waals surface area contributed by atoms with Gasteiger partial charge < -0.3 is 9.64 Å². The summed E-state index contributed by atoms with van der Waals surface area (Å²) in [6.45, 7) is 3.96. The molecule has 0 fully saturated rings. The number of hydrogen-bond donors (Lipinski definition) is 0. The van der Waals surface area contributed by atoms with Crippen LogP contribution in [0.15, 0.2) is 54.6 Å². The van der Waals surface area contributed by atoms with Gasteiger partial charge >= 0.3 is 5.97 Å². The Balaban J connectivity index is 1.49. The van der Waals surface area contributed by atoms with Crippen molar-refractivity contribution in [2.75, 3.05) is 18.0 Å². The molecule has 2 aromatic rings. The van der Waals surface area contributed by atoms with E-state index in [0.717, 1.165) is 10.6 Å². The first-order valence-electron chi connectivity index (χ1n) is 9.95. The minimum absolute atomic E-state index is 0.00247. The van der Waals surface area contributed by atoms with Gasteiger partial charge in [0.1, 0.15) is 0 Å². The molecule has 3 amide bonds. The number of carbonyl (C=O) groups excluding carboxylic acids is 4. The number of amides is 3. The van der Waals surface area contributed by atoms with Crippen LogP contribution in [0.25, 0.3) is 0 Å². The number of likely N-dealkylation sites (N-methyl/N-ethyl adjacent to an activating group) is 1. The molecule has 0 aliphatic carbocycles. The molecule has 0 unspecified atom stereocenters. The maximum Gasteiger partial charge on any atom is 0.306 e. The van der Waals surface area contributed by atoms with Gasteiger partial charge in [0, 0.05) is 25.2 Å². The monoisotopic (exact) mass is 408 g/mol. The molecule has 7 nitrogen and oxygen atoms in total. The second-order valence-electron chi connectivity index (χ2n) is 6.96. The van der Waals surface area contributed by atoms with Gasteiger partial charge in [-0.15, -0.1) is 0 Å². The van der Waals surface area contributed by atoms with E-state index in [1.165, 1.54) is 6.92 Å². The summed E-state index contributed by atoms with van der Waals surface area (Å²) in [6.07, 6.45) is -0.666. The molecule has 2 aromatic carbocycles. The summed E-state index contributed by atoms with van der Waals surface area (Å²) in [7, 11) is 0. The Morgan fingerprint density at radius 3 is 2.10 bits per heavy atom. The summed E-state index contributed by atoms with van der Waals surface area (Å²) in [5.41, 5.74) is 1.49. The highest BCUT2D eigenvalue weighted by atomic mass is 16.5. The van der Waals surface area contributed by atoms with Crippen molar-refractivity contribution in [2.45, 2.75) is 32.8 Å². The number of imide groups is 1. The molecular formula is C23H24N2O5. The van der Waals surface area contributed by atoms with Crippen LogP contribution in [0.4, 0.5) is 5.69 Å². The molecule has 1 atom stereocenters. The van der Waals surface area contributed by atoms with Crippen molar-refractivity contribution < 1.29 is 23.9 Å². The third kappa shape index (κ3) is 4.40. The summed E-state index contributed by atoms with van der Waals surface area (Å²) in [5.74, 6) is -1.56. The molecule has 3 rings (SSSR count). The lowest BCUT2D eigenvalue weighted by atomic mass is 10.1. The molecule has 1 aliphatic heterocycles. The fourth-order valence-electron chi connectivity index (χ4n) is 3.42. The molecule has 0 N–H and O–H groups in total. The summed E-state index contributed by atoms with van der Waals surface area (Å²) in [6, 6.07) is 15.8. The largest absolute Gasteiger partial charge is 0.453 e. The lowest BCUT2D eigenvalue weighted by Gasteiger charge is -2.24. The third-order valence-electron chi connectivity index (χ3n) is 4.95. The lowest BCUT2D eigenvalue weighted by molar-refractivity contribution is -0.154. The lowest BCUT2D eigenvalue weighted by Crippen LogP contribution is -2.40. The molecule has 0 bridgehead atoms. The van der Waals surface area contributed by atoms with Crippen LogP contribution in [0.2, 0.25) is 0 Å². The SMILES string of the molecule is CCN(C(=O)[C@@H](C)OC(=O)CCCN1C(=O)c2ccccc2C1=O)c1ccccc1. The van der Waals surface area contributed by atoms with Crippen LogP contribution in [-0.2, 0) is 14.3 Å². The standard InChI is InChI=1S/C23H24N2O5/c1-3-24(17-10-5-4-6-11-17)21(27)16(2)30-20(26)14-9-15-25-22(28)18-12-7-8-13-19(18)23(25)29/h4-8,10-13,16H,3,9,14-15H2,1-2H3/t16-/m1/s1. The van der Waals surface area contributed by atoms with E-state index >= 15 is 0 Å². The van der Waals surface area contributed by atoms with Gasteiger partial charge in [-0.05, 0) is 44.5 Å². The number of ether oxygens (including phenoxy) is 1. The molecule has 1 heterocycles. The molecule has 156 valence electrons. The van der Waals surface area contributed by atoms with Crippen LogP contribution in [0, 0.1) is 0 Å². The van der Waals surface area contributed by atoms with Gasteiger partial charge in [-0.3, -0.25) is 24.1 Å². The van der Waals surface area contributed by atoms with E-state index in [4.69, 9.17) is 4.74 Å². The Morgan fingerprint density at radius 1 is 0.967 bits per heavy atom. The summed E-state index contributed by atoms with van der Waals surface area (Å²) < 4.78 is 5.28. The van der Waals surface area contributed by atoms with Gasteiger partial charge in [0.25, 0.3) is 17.7 Å². The highest BCUT2D eigenvalue weighted by molar-refractivity contribution is 6.21. The second kappa shape index (κ2) is 9.35. The van der Waals surface area contributed by atoms with Crippen LogP contribution in [0.1, 0.15) is 47.4 Å². The molecule has 30 heavy (non-hydrogen) atoms. The molecule has 0 saturated heterocycles. The van der Waals surface area contributed by atoms with Crippen molar-refractivity contribution in [3.63, 3.8) is 0 Å². The second-order valence-corrected chi connectivity index (χ2v) is 6.96. The number of fused-ring (bicyclic) bond motifs is 1. The van der Waals surface area contributed by atoms with Crippen molar-refractivity contribution in [2.24, 2.45) is 0 Å². The number of para-hydroxylation sites is 1. The zero-order valence-corrected chi connectivity index (χ0v) is 17.0. The number of nitrogens with zero attached hydrogens (tertiary/aromatic N) is 2. The molecule has 7 heteroatoms. The van der Waals surface area contributed by atoms with E-state index in [1.807, 2.05) is 37.3 Å². The molecule has 0 aromatic heterocycles. The van der Waals surface area contributed by atoms with Crippen LogP contribution < -0.4 is 4.90 Å². The Morgan fingerprint density at radius 2 is 1.53 bits per heavy atom. The Kier molecular flexibility index (Phi) is 6.61. The van der Waals surface area contributed by atoms with Crippen molar-refractivity contribution >= 4 is 29.4 Å². The maximum atomic E-state index is 12.7. The van der Waals surface area contributed by atoms with Gasteiger partial charge in [-0.2, -0.15) is 0 Å². The van der Waals surface area contributed by atoms with E-state index < -0.39 is 12.1 Å². The van der Waals surface area contributed by atoms with Crippen LogP contribution in [0.5, 0.6) is 0 Å². The Bertz CT molecular complexity index is 922. The normalized spacial score (nSPS) is 13.7. The number of anilines is 1. The van der Waals surface area contributed by atoms with E-state index in [2.05, 4.69) is 0 Å². The molecular weight excluding hydrogens is 384 g/mol. The predicted octanol–water partition coefficient (Wildman–Crippen LogP) is 3.05. The Hall–Kier alpha value is -3.48. The van der Waals surface area contributed by atoms with Gasteiger partial charge in [0.15, 0.2) is 6.10 Å². The van der Waals surface area contributed by atoms with Crippen molar-refractivity contribution in [3.8, 4) is 0 Å². The number of rotatable bonds is 8. The molecule has 0 saturated carbocycles. The quantitative estimate of drug-likeness (QED) is 0.495. The molecule has 0 radical (unpaired) electrons. The first kappa shape index (κ1) is 21.2. The number of esters is 1. The van der Waals surface area contributed by atoms with Gasteiger partial charge in [-0.1, -0.05) is 30.3 Å². The first-order valence-corrected chi connectivity index (χ1v) is 9.95. The number of benzene rings is 2. The van der Waals surface area contributed by atoms with Gasteiger partial charge in [-0.25, -0.2) is 0 Å². The average Bonchev–Trinajstić information content (AvgIpc) is 3.00. The summed E-state index contributed by atoms with van der Waals surface area (Å²) in [4.78, 5) is 52.2. The third-order valence-corrected chi connectivity index (χ3v) is 4.95. The van der Waals surface area contributed by atoms with E-state index in [1.54, 1.807) is 29.2 Å². The molecule has 1 aliphatic rings. The van der Waals surface area contributed by atoms with E-state index in [9.17, 15) is 19.2 Å². The fourth-order valence-corrected chi connectivity index (χ4v) is 3.42. The van der Waals surface area contributed by atoms with Crippen molar-refractivity contribution in [3.05, 3.63) is 65.7 Å². The topological polar surface area (TPSA) is 84.0 Å². The highest BCUT2D eigenvalue weighted by Gasteiger charge is 2.34. The summed E-state index contributed by atoms with van der Waals surface area (Å²) >= 11 is 0. The van der Waals surface area contributed by atoms with Crippen LogP contribution in [-0.4, -0.2) is 47.8 Å². The smallest absolute Gasteiger partial charge is 0.306 e. The van der Waals surface area contributed by atoms with Crippen LogP contribution >= 0.6 is 0 Å². The highest BCUT2D eigenvalue weighted by Crippen LogP contribution is 2.22. The van der Waals surface area contributed by atoms with Gasteiger partial charge in [0.2, 0.25) is 0 Å². The van der Waals surface area contributed by atoms with Crippen molar-refractivity contribution in [1.29, 1.82) is 0 Å². The number of carbonyl (C=O) groups is 4. The zero-order chi connectivity index (χ0) is 21.7. The minimum atomic E-state index is -0.933. The van der Waals surface area contributed by atoms with Crippen LogP contribution in [0.3, 0.4) is 0 Å². The number of hydrogen-bond acceptors (Lipinski definition) is 5. The van der Waals surface area contributed by atoms with E-state index in [0.29, 0.717) is 17.7 Å². The summed E-state index contributed by atoms with van der Waals surface area (Å²) in [5, 5.41) is 0. The predicted molar refractivity (Wildman–Crippen MR) is 111 cm³/mol. The first-order chi connectivity index (χ1) is 14.4. The maximum absolute atomic E-state index is 12.7. The Labute approximate surface area is 175 Å². The van der Waals surface area contributed by atoms with Gasteiger partial charge in [0.05, 0.1) is 11.1 Å². The van der Waals surface area contributed by atoms with Crippen molar-refractivity contribution in [1.82, 2.24) is 4.90 Å². The van der Waals surface area contributed by atoms with E-state index in [-0.39, 0.29) is 37.1 Å². The molecule has 0 spiro atoms.